The molecule has 0 N–H and O–H groups in total. The summed E-state index contributed by atoms with van der Waals surface area (Å²) in [5.41, 5.74) is 0. The van der Waals surface area contributed by atoms with Gasteiger partial charge in [-0.3, -0.25) is 0 Å². The first-order valence-electron chi connectivity index (χ1n) is 5.33. The van der Waals surface area contributed by atoms with Crippen LogP contribution in [0.15, 0.2) is 60.7 Å². The van der Waals surface area contributed by atoms with Crippen molar-refractivity contribution in [3.8, 4) is 0 Å². The van der Waals surface area contributed by atoms with Gasteiger partial charge in [0.1, 0.15) is 0 Å². The van der Waals surface area contributed by atoms with Crippen molar-refractivity contribution in [2.75, 3.05) is 6.61 Å². The Hall–Kier alpha value is -0.626. The molecule has 0 fully saturated rings. The molecule has 1 nitrogen and oxygen atoms in total. The number of hydrogen-bond acceptors (Lipinski definition) is 1. The zero-order chi connectivity index (χ0) is 11.2. The Labute approximate surface area is 121 Å². The monoisotopic (exact) mass is 266 g/mol. The van der Waals surface area contributed by atoms with Crippen LogP contribution in [0.3, 0.4) is 0 Å². The Kier molecular flexibility index (Phi) is 26.4. The molecule has 0 saturated carbocycles. The molecule has 2 aromatic rings. The van der Waals surface area contributed by atoms with Crippen LogP contribution in [0.5, 0.6) is 0 Å². The van der Waals surface area contributed by atoms with Crippen LogP contribution in [0.4, 0.5) is 0 Å². The molecule has 17 heavy (non-hydrogen) atoms. The first kappa shape index (κ1) is 21.6. The molecule has 0 bridgehead atoms. The fraction of sp³-hybridized carbons (Fsp3) is 0.267. The van der Waals surface area contributed by atoms with E-state index < -0.39 is 0 Å². The van der Waals surface area contributed by atoms with Crippen molar-refractivity contribution in [2.24, 2.45) is 0 Å². The summed E-state index contributed by atoms with van der Waals surface area (Å²) >= 11 is 0. The number of rotatable bonds is 2. The largest absolute Gasteiger partial charge is 4.00 e. The van der Waals surface area contributed by atoms with Gasteiger partial charge in [-0.25, -0.2) is 24.3 Å². The van der Waals surface area contributed by atoms with E-state index in [4.69, 9.17) is 0 Å². The van der Waals surface area contributed by atoms with Crippen LogP contribution in [0.2, 0.25) is 0 Å². The third-order valence-corrected chi connectivity index (χ3v) is 1.61. The maximum Gasteiger partial charge on any atom is 4.00 e. The molecule has 0 aliphatic carbocycles. The molecule has 0 unspecified atom stereocenters. The van der Waals surface area contributed by atoms with E-state index in [1.54, 1.807) is 0 Å². The average molecular weight is 266 g/mol. The van der Waals surface area contributed by atoms with Gasteiger partial charge in [0.15, 0.2) is 0 Å². The van der Waals surface area contributed by atoms with E-state index in [1.165, 1.54) is 0 Å². The molecule has 0 aromatic heterocycles. The molecule has 0 spiro atoms. The SMILES string of the molecule is CCCC[O-].[CH3-].[Ti+4].c1cc[cH-]c1.c1cc[cH-]c1. The molecule has 0 aliphatic heterocycles. The van der Waals surface area contributed by atoms with Gasteiger partial charge in [0.05, 0.1) is 0 Å². The summed E-state index contributed by atoms with van der Waals surface area (Å²) < 4.78 is 0. The predicted octanol–water partition coefficient (Wildman–Crippen LogP) is 3.41. The maximum absolute atomic E-state index is 9.53. The molecule has 0 atom stereocenters. The average Bonchev–Trinajstić information content (AvgIpc) is 2.99. The zero-order valence-electron chi connectivity index (χ0n) is 10.8. The second kappa shape index (κ2) is 20.7. The Bertz CT molecular complexity index is 186. The van der Waals surface area contributed by atoms with Crippen LogP contribution in [0.25, 0.3) is 0 Å². The van der Waals surface area contributed by atoms with Crippen molar-refractivity contribution < 1.29 is 26.8 Å². The summed E-state index contributed by atoms with van der Waals surface area (Å²) in [5.74, 6) is 0. The third-order valence-electron chi connectivity index (χ3n) is 1.61. The summed E-state index contributed by atoms with van der Waals surface area (Å²) in [5, 5.41) is 9.53. The molecule has 2 rings (SSSR count). The molecular formula is C15H22OTi. The van der Waals surface area contributed by atoms with E-state index >= 15 is 0 Å². The zero-order valence-corrected chi connectivity index (χ0v) is 12.4. The van der Waals surface area contributed by atoms with E-state index in [0.717, 1.165) is 12.8 Å². The Morgan fingerprint density at radius 3 is 1.29 bits per heavy atom. The summed E-state index contributed by atoms with van der Waals surface area (Å²) in [4.78, 5) is 0. The summed E-state index contributed by atoms with van der Waals surface area (Å²) in [6.45, 7) is 2.11. The van der Waals surface area contributed by atoms with Gasteiger partial charge in [-0.2, -0.15) is 36.4 Å². The molecule has 92 valence electrons. The first-order valence-corrected chi connectivity index (χ1v) is 5.33. The molecular weight excluding hydrogens is 244 g/mol. The van der Waals surface area contributed by atoms with Gasteiger partial charge in [0.25, 0.3) is 0 Å². The second-order valence-electron chi connectivity index (χ2n) is 2.98. The van der Waals surface area contributed by atoms with Crippen LogP contribution in [0, 0.1) is 7.43 Å². The van der Waals surface area contributed by atoms with E-state index in [2.05, 4.69) is 0 Å². The molecule has 0 aliphatic rings. The summed E-state index contributed by atoms with van der Waals surface area (Å²) in [6, 6.07) is 20.0. The van der Waals surface area contributed by atoms with Crippen molar-refractivity contribution in [1.82, 2.24) is 0 Å². The molecule has 2 aromatic carbocycles. The predicted molar refractivity (Wildman–Crippen MR) is 70.3 cm³/mol. The van der Waals surface area contributed by atoms with Crippen LogP contribution >= 0.6 is 0 Å². The topological polar surface area (TPSA) is 23.1 Å². The Morgan fingerprint density at radius 2 is 1.24 bits per heavy atom. The van der Waals surface area contributed by atoms with Crippen molar-refractivity contribution in [1.29, 1.82) is 0 Å². The van der Waals surface area contributed by atoms with Crippen molar-refractivity contribution in [3.05, 3.63) is 68.1 Å². The van der Waals surface area contributed by atoms with E-state index in [1.807, 2.05) is 67.6 Å². The number of unbranched alkanes of at least 4 members (excludes halogenated alkanes) is 1. The van der Waals surface area contributed by atoms with Gasteiger partial charge < -0.3 is 12.5 Å². The van der Waals surface area contributed by atoms with Gasteiger partial charge in [0, 0.05) is 0 Å². The van der Waals surface area contributed by atoms with Crippen molar-refractivity contribution in [3.63, 3.8) is 0 Å². The third kappa shape index (κ3) is 21.3. The normalized spacial score (nSPS) is 7.18. The van der Waals surface area contributed by atoms with Crippen molar-refractivity contribution in [2.45, 2.75) is 19.8 Å². The standard InChI is InChI=1S/2C5H5.C4H9O.CH3.Ti/c2*1-2-4-5-3-1;1-2-3-4-5;;/h2*1-5H;2-4H2,1H3;1H3;/q4*-1;+4. The van der Waals surface area contributed by atoms with Crippen LogP contribution in [-0.4, -0.2) is 6.61 Å². The maximum atomic E-state index is 9.53. The van der Waals surface area contributed by atoms with Crippen LogP contribution in [0.1, 0.15) is 19.8 Å². The smallest absolute Gasteiger partial charge is 0.854 e. The van der Waals surface area contributed by atoms with E-state index in [9.17, 15) is 5.11 Å². The molecule has 0 saturated heterocycles. The minimum absolute atomic E-state index is 0. The summed E-state index contributed by atoms with van der Waals surface area (Å²) in [7, 11) is 0. The fourth-order valence-corrected chi connectivity index (χ4v) is 0.786. The van der Waals surface area contributed by atoms with Crippen molar-refractivity contribution >= 4 is 0 Å². The van der Waals surface area contributed by atoms with Gasteiger partial charge in [-0.05, 0) is 0 Å². The van der Waals surface area contributed by atoms with Gasteiger partial charge in [0.2, 0.25) is 0 Å². The van der Waals surface area contributed by atoms with Gasteiger partial charge in [-0.15, -0.1) is 6.61 Å². The molecule has 0 amide bonds. The Balaban J connectivity index is -0.000000163. The van der Waals surface area contributed by atoms with E-state index in [-0.39, 0.29) is 35.8 Å². The second-order valence-corrected chi connectivity index (χ2v) is 2.98. The van der Waals surface area contributed by atoms with Crippen LogP contribution < -0.4 is 5.11 Å². The molecule has 0 radical (unpaired) electrons. The van der Waals surface area contributed by atoms with Crippen LogP contribution in [-0.2, 0) is 21.7 Å². The molecule has 0 heterocycles. The summed E-state index contributed by atoms with van der Waals surface area (Å²) in [6.07, 6.45) is 1.86. The van der Waals surface area contributed by atoms with Gasteiger partial charge >= 0.3 is 21.7 Å². The fourth-order valence-electron chi connectivity index (χ4n) is 0.786. The van der Waals surface area contributed by atoms with E-state index in [0.29, 0.717) is 0 Å². The first-order chi connectivity index (χ1) is 7.41. The molecule has 2 heteroatoms. The minimum Gasteiger partial charge on any atom is -0.854 e. The Morgan fingerprint density at radius 1 is 0.882 bits per heavy atom. The quantitative estimate of drug-likeness (QED) is 0.603. The van der Waals surface area contributed by atoms with Gasteiger partial charge in [-0.1, -0.05) is 19.8 Å². The minimum atomic E-state index is 0. The number of hydrogen-bond donors (Lipinski definition) is 0.